The van der Waals surface area contributed by atoms with Crippen molar-refractivity contribution < 1.29 is 4.79 Å². The summed E-state index contributed by atoms with van der Waals surface area (Å²) >= 11 is 5.15. The standard InChI is InChI=1S/C15H15BrN2OS/c16-14-4-3-12(20-14)6-8-18-15(19)11-2-1-10-5-7-17-13(10)9-11/h1-4,9,17H,5-8H2,(H,18,19). The van der Waals surface area contributed by atoms with Gasteiger partial charge in [0.1, 0.15) is 0 Å². The van der Waals surface area contributed by atoms with Gasteiger partial charge in [-0.1, -0.05) is 6.07 Å². The smallest absolute Gasteiger partial charge is 0.251 e. The summed E-state index contributed by atoms with van der Waals surface area (Å²) in [5.74, 6) is -0.00266. The number of carbonyl (C=O) groups excluding carboxylic acids is 1. The second-order valence-electron chi connectivity index (χ2n) is 4.76. The zero-order chi connectivity index (χ0) is 13.9. The second kappa shape index (κ2) is 5.97. The number of rotatable bonds is 4. The van der Waals surface area contributed by atoms with Crippen LogP contribution in [0, 0.1) is 0 Å². The normalized spacial score (nSPS) is 12.8. The molecule has 0 atom stereocenters. The molecule has 1 aliphatic rings. The Bertz CT molecular complexity index is 639. The zero-order valence-corrected chi connectivity index (χ0v) is 13.3. The molecular weight excluding hydrogens is 336 g/mol. The first-order valence-electron chi connectivity index (χ1n) is 6.61. The molecule has 2 heterocycles. The Kier molecular flexibility index (Phi) is 4.08. The summed E-state index contributed by atoms with van der Waals surface area (Å²) in [4.78, 5) is 13.4. The lowest BCUT2D eigenvalue weighted by molar-refractivity contribution is 0.0954. The molecule has 1 amide bonds. The van der Waals surface area contributed by atoms with Crippen LogP contribution in [-0.4, -0.2) is 19.0 Å². The number of anilines is 1. The average molecular weight is 351 g/mol. The van der Waals surface area contributed by atoms with Gasteiger partial charge in [-0.05, 0) is 58.6 Å². The van der Waals surface area contributed by atoms with E-state index in [1.165, 1.54) is 10.4 Å². The van der Waals surface area contributed by atoms with Gasteiger partial charge in [-0.15, -0.1) is 11.3 Å². The molecule has 5 heteroatoms. The van der Waals surface area contributed by atoms with Crippen molar-refractivity contribution in [1.29, 1.82) is 0 Å². The first kappa shape index (κ1) is 13.6. The van der Waals surface area contributed by atoms with E-state index < -0.39 is 0 Å². The highest BCUT2D eigenvalue weighted by atomic mass is 79.9. The van der Waals surface area contributed by atoms with Crippen LogP contribution in [0.5, 0.6) is 0 Å². The third-order valence-corrected chi connectivity index (χ3v) is 5.05. The maximum Gasteiger partial charge on any atom is 0.251 e. The highest BCUT2D eigenvalue weighted by Gasteiger charge is 2.13. The van der Waals surface area contributed by atoms with E-state index in [-0.39, 0.29) is 5.91 Å². The minimum atomic E-state index is -0.00266. The summed E-state index contributed by atoms with van der Waals surface area (Å²) in [6.07, 6.45) is 1.91. The van der Waals surface area contributed by atoms with Crippen LogP contribution in [-0.2, 0) is 12.8 Å². The van der Waals surface area contributed by atoms with E-state index in [1.807, 2.05) is 24.3 Å². The number of hydrogen-bond acceptors (Lipinski definition) is 3. The molecule has 3 nitrogen and oxygen atoms in total. The summed E-state index contributed by atoms with van der Waals surface area (Å²) in [5, 5.41) is 6.27. The van der Waals surface area contributed by atoms with E-state index in [0.717, 1.165) is 34.4 Å². The second-order valence-corrected chi connectivity index (χ2v) is 7.31. The van der Waals surface area contributed by atoms with Gasteiger partial charge in [-0.2, -0.15) is 0 Å². The minimum absolute atomic E-state index is 0.00266. The maximum absolute atomic E-state index is 12.1. The molecule has 0 unspecified atom stereocenters. The van der Waals surface area contributed by atoms with Crippen molar-refractivity contribution in [3.63, 3.8) is 0 Å². The van der Waals surface area contributed by atoms with Crippen molar-refractivity contribution in [3.05, 3.63) is 50.1 Å². The topological polar surface area (TPSA) is 41.1 Å². The SMILES string of the molecule is O=C(NCCc1ccc(Br)s1)c1ccc2c(c1)NCC2. The fourth-order valence-electron chi connectivity index (χ4n) is 2.32. The first-order valence-corrected chi connectivity index (χ1v) is 8.22. The van der Waals surface area contributed by atoms with E-state index in [9.17, 15) is 4.79 Å². The monoisotopic (exact) mass is 350 g/mol. The Hall–Kier alpha value is -1.33. The van der Waals surface area contributed by atoms with Gasteiger partial charge >= 0.3 is 0 Å². The molecular formula is C15H15BrN2OS. The Morgan fingerprint density at radius 1 is 1.35 bits per heavy atom. The molecule has 2 N–H and O–H groups in total. The quantitative estimate of drug-likeness (QED) is 0.886. The third kappa shape index (κ3) is 3.04. The van der Waals surface area contributed by atoms with Crippen LogP contribution in [0.2, 0.25) is 0 Å². The molecule has 0 fully saturated rings. The maximum atomic E-state index is 12.1. The van der Waals surface area contributed by atoms with E-state index in [4.69, 9.17) is 0 Å². The van der Waals surface area contributed by atoms with Crippen LogP contribution < -0.4 is 10.6 Å². The van der Waals surface area contributed by atoms with E-state index in [2.05, 4.69) is 32.6 Å². The molecule has 104 valence electrons. The van der Waals surface area contributed by atoms with Gasteiger partial charge in [0, 0.05) is 29.2 Å². The van der Waals surface area contributed by atoms with Gasteiger partial charge in [-0.3, -0.25) is 4.79 Å². The molecule has 0 spiro atoms. The molecule has 0 aliphatic carbocycles. The van der Waals surface area contributed by atoms with Gasteiger partial charge in [0.25, 0.3) is 5.91 Å². The lowest BCUT2D eigenvalue weighted by Gasteiger charge is -2.06. The van der Waals surface area contributed by atoms with Gasteiger partial charge in [0.2, 0.25) is 0 Å². The number of nitrogens with one attached hydrogen (secondary N) is 2. The summed E-state index contributed by atoms with van der Waals surface area (Å²) < 4.78 is 1.13. The first-order chi connectivity index (χ1) is 9.72. The number of hydrogen-bond donors (Lipinski definition) is 2. The predicted octanol–water partition coefficient (Wildman–Crippen LogP) is 3.45. The fraction of sp³-hybridized carbons (Fsp3) is 0.267. The minimum Gasteiger partial charge on any atom is -0.384 e. The fourth-order valence-corrected chi connectivity index (χ4v) is 3.80. The Labute approximate surface area is 130 Å². The van der Waals surface area contributed by atoms with Gasteiger partial charge in [0.05, 0.1) is 3.79 Å². The molecule has 0 radical (unpaired) electrons. The highest BCUT2D eigenvalue weighted by Crippen LogP contribution is 2.23. The molecule has 3 rings (SSSR count). The van der Waals surface area contributed by atoms with E-state index in [1.54, 1.807) is 11.3 Å². The van der Waals surface area contributed by atoms with Crippen LogP contribution in [0.15, 0.2) is 34.1 Å². The van der Waals surface area contributed by atoms with Crippen LogP contribution in [0.3, 0.4) is 0 Å². The zero-order valence-electron chi connectivity index (χ0n) is 10.9. The van der Waals surface area contributed by atoms with Crippen molar-refractivity contribution in [1.82, 2.24) is 5.32 Å². The van der Waals surface area contributed by atoms with Crippen LogP contribution in [0.4, 0.5) is 5.69 Å². The van der Waals surface area contributed by atoms with Crippen LogP contribution >= 0.6 is 27.3 Å². The number of halogens is 1. The number of amides is 1. The Morgan fingerprint density at radius 2 is 2.25 bits per heavy atom. The highest BCUT2D eigenvalue weighted by molar-refractivity contribution is 9.11. The van der Waals surface area contributed by atoms with Crippen molar-refractivity contribution in [2.24, 2.45) is 0 Å². The predicted molar refractivity (Wildman–Crippen MR) is 86.7 cm³/mol. The van der Waals surface area contributed by atoms with Gasteiger partial charge < -0.3 is 10.6 Å². The van der Waals surface area contributed by atoms with E-state index >= 15 is 0 Å². The molecule has 1 aromatic heterocycles. The lowest BCUT2D eigenvalue weighted by atomic mass is 10.1. The largest absolute Gasteiger partial charge is 0.384 e. The summed E-state index contributed by atoms with van der Waals surface area (Å²) in [6.45, 7) is 1.63. The van der Waals surface area contributed by atoms with Crippen molar-refractivity contribution in [2.75, 3.05) is 18.4 Å². The molecule has 2 aromatic rings. The van der Waals surface area contributed by atoms with Gasteiger partial charge in [0.15, 0.2) is 0 Å². The average Bonchev–Trinajstić information content (AvgIpc) is 3.06. The number of thiophene rings is 1. The lowest BCUT2D eigenvalue weighted by Crippen LogP contribution is -2.25. The van der Waals surface area contributed by atoms with Crippen LogP contribution in [0.25, 0.3) is 0 Å². The summed E-state index contributed by atoms with van der Waals surface area (Å²) in [5.41, 5.74) is 3.12. The third-order valence-electron chi connectivity index (χ3n) is 3.37. The van der Waals surface area contributed by atoms with Crippen LogP contribution in [0.1, 0.15) is 20.8 Å². The molecule has 1 aromatic carbocycles. The van der Waals surface area contributed by atoms with Crippen molar-refractivity contribution in [2.45, 2.75) is 12.8 Å². The summed E-state index contributed by atoms with van der Waals surface area (Å²) in [6, 6.07) is 10.0. The molecule has 20 heavy (non-hydrogen) atoms. The number of fused-ring (bicyclic) bond motifs is 1. The summed E-state index contributed by atoms with van der Waals surface area (Å²) in [7, 11) is 0. The Morgan fingerprint density at radius 3 is 3.05 bits per heavy atom. The molecule has 0 bridgehead atoms. The molecule has 1 aliphatic heterocycles. The van der Waals surface area contributed by atoms with E-state index in [0.29, 0.717) is 6.54 Å². The van der Waals surface area contributed by atoms with Gasteiger partial charge in [-0.25, -0.2) is 0 Å². The number of benzene rings is 1. The van der Waals surface area contributed by atoms with Crippen molar-refractivity contribution in [3.8, 4) is 0 Å². The number of carbonyl (C=O) groups is 1. The molecule has 0 saturated heterocycles. The van der Waals surface area contributed by atoms with Crippen molar-refractivity contribution >= 4 is 38.9 Å². The Balaban J connectivity index is 1.56. The molecule has 0 saturated carbocycles.